The lowest BCUT2D eigenvalue weighted by Crippen LogP contribution is -2.32. The number of para-hydroxylation sites is 1. The molecular weight excluding hydrogens is 432 g/mol. The smallest absolute Gasteiger partial charge is 0.261 e. The van der Waals surface area contributed by atoms with E-state index < -0.39 is 10.0 Å². The molecule has 9 heteroatoms. The average molecular weight is 452 g/mol. The first kappa shape index (κ1) is 20.2. The average Bonchev–Trinajstić information content (AvgIpc) is 3.27. The quantitative estimate of drug-likeness (QED) is 0.615. The lowest BCUT2D eigenvalue weighted by Gasteiger charge is -2.26. The Hall–Kier alpha value is -3.72. The Bertz CT molecular complexity index is 1290. The molecule has 2 N–H and O–H groups in total. The summed E-state index contributed by atoms with van der Waals surface area (Å²) in [7, 11) is -3.91. The summed E-state index contributed by atoms with van der Waals surface area (Å²) in [4.78, 5) is 12.9. The third-order valence-electron chi connectivity index (χ3n) is 5.30. The number of sulfonamides is 1. The maximum absolute atomic E-state index is 12.9. The van der Waals surface area contributed by atoms with Crippen LogP contribution in [-0.2, 0) is 10.0 Å². The van der Waals surface area contributed by atoms with Crippen molar-refractivity contribution in [3.8, 4) is 17.2 Å². The van der Waals surface area contributed by atoms with Crippen LogP contribution in [0.3, 0.4) is 0 Å². The molecule has 0 radical (unpaired) electrons. The molecule has 0 aromatic heterocycles. The molecule has 0 saturated carbocycles. The van der Waals surface area contributed by atoms with E-state index in [1.165, 1.54) is 12.1 Å². The van der Waals surface area contributed by atoms with E-state index in [0.29, 0.717) is 30.2 Å². The van der Waals surface area contributed by atoms with Gasteiger partial charge in [0.25, 0.3) is 15.9 Å². The Kier molecular flexibility index (Phi) is 5.10. The van der Waals surface area contributed by atoms with E-state index in [9.17, 15) is 13.2 Å². The number of hydrogen-bond donors (Lipinski definition) is 2. The molecule has 3 aromatic rings. The van der Waals surface area contributed by atoms with Gasteiger partial charge in [0.05, 0.1) is 23.2 Å². The lowest BCUT2D eigenvalue weighted by atomic mass is 10.00. The van der Waals surface area contributed by atoms with Crippen molar-refractivity contribution in [1.29, 1.82) is 0 Å². The molecule has 0 bridgehead atoms. The number of benzene rings is 3. The molecule has 1 amide bonds. The number of nitrogens with one attached hydrogen (secondary N) is 2. The van der Waals surface area contributed by atoms with Crippen molar-refractivity contribution in [3.05, 3.63) is 77.9 Å². The summed E-state index contributed by atoms with van der Waals surface area (Å²) in [5.74, 6) is 1.41. The van der Waals surface area contributed by atoms with Gasteiger partial charge in [0, 0.05) is 23.6 Å². The predicted molar refractivity (Wildman–Crippen MR) is 117 cm³/mol. The normalized spacial score (nSPS) is 16.6. The van der Waals surface area contributed by atoms with Crippen LogP contribution in [0.15, 0.2) is 71.6 Å². The monoisotopic (exact) mass is 452 g/mol. The zero-order valence-electron chi connectivity index (χ0n) is 16.9. The first-order valence-corrected chi connectivity index (χ1v) is 11.5. The number of amides is 1. The molecule has 0 saturated heterocycles. The second kappa shape index (κ2) is 8.08. The second-order valence-electron chi connectivity index (χ2n) is 7.40. The van der Waals surface area contributed by atoms with Gasteiger partial charge in [0.1, 0.15) is 5.75 Å². The van der Waals surface area contributed by atoms with Gasteiger partial charge in [0.15, 0.2) is 11.5 Å². The zero-order chi connectivity index (χ0) is 22.1. The van der Waals surface area contributed by atoms with Crippen molar-refractivity contribution < 1.29 is 27.4 Å². The van der Waals surface area contributed by atoms with Crippen LogP contribution in [0.4, 0.5) is 5.69 Å². The molecule has 2 heterocycles. The van der Waals surface area contributed by atoms with Gasteiger partial charge in [-0.15, -0.1) is 0 Å². The lowest BCUT2D eigenvalue weighted by molar-refractivity contribution is 0.0924. The van der Waals surface area contributed by atoms with E-state index in [1.807, 2.05) is 24.3 Å². The molecule has 2 aliphatic heterocycles. The summed E-state index contributed by atoms with van der Waals surface area (Å²) in [6, 6.07) is 18.0. The maximum Gasteiger partial charge on any atom is 0.261 e. The van der Waals surface area contributed by atoms with E-state index in [0.717, 1.165) is 11.3 Å². The molecular formula is C23H20N2O6S. The third kappa shape index (κ3) is 3.94. The maximum atomic E-state index is 12.9. The molecule has 32 heavy (non-hydrogen) atoms. The number of carbonyl (C=O) groups excluding carboxylic acids is 1. The van der Waals surface area contributed by atoms with Crippen LogP contribution < -0.4 is 24.2 Å². The fourth-order valence-corrected chi connectivity index (χ4v) is 4.81. The molecule has 0 aliphatic carbocycles. The van der Waals surface area contributed by atoms with Gasteiger partial charge < -0.3 is 19.5 Å². The van der Waals surface area contributed by atoms with Crippen LogP contribution in [0.2, 0.25) is 0 Å². The molecule has 3 aromatic carbocycles. The molecule has 0 unspecified atom stereocenters. The highest BCUT2D eigenvalue weighted by molar-refractivity contribution is 7.92. The van der Waals surface area contributed by atoms with Gasteiger partial charge in [-0.3, -0.25) is 9.52 Å². The number of anilines is 1. The third-order valence-corrected chi connectivity index (χ3v) is 6.67. The largest absolute Gasteiger partial charge is 0.493 e. The van der Waals surface area contributed by atoms with Crippen molar-refractivity contribution in [3.63, 3.8) is 0 Å². The minimum Gasteiger partial charge on any atom is -0.493 e. The summed E-state index contributed by atoms with van der Waals surface area (Å²) in [5.41, 5.74) is 1.49. The Labute approximate surface area is 185 Å². The highest BCUT2D eigenvalue weighted by Crippen LogP contribution is 2.35. The SMILES string of the molecule is O=C(N[C@H]1CCOc2ccccc21)c1cccc(S(=O)(=O)Nc2ccc3c(c2)OCO3)c1. The molecule has 2 aliphatic rings. The summed E-state index contributed by atoms with van der Waals surface area (Å²) in [6.07, 6.45) is 0.631. The molecule has 0 fully saturated rings. The minimum absolute atomic E-state index is 0.0183. The zero-order valence-corrected chi connectivity index (χ0v) is 17.7. The van der Waals surface area contributed by atoms with Gasteiger partial charge in [-0.1, -0.05) is 24.3 Å². The summed E-state index contributed by atoms with van der Waals surface area (Å²) in [5, 5.41) is 2.98. The Morgan fingerprint density at radius 2 is 1.72 bits per heavy atom. The van der Waals surface area contributed by atoms with E-state index >= 15 is 0 Å². The summed E-state index contributed by atoms with van der Waals surface area (Å²) in [6.45, 7) is 0.593. The first-order valence-electron chi connectivity index (χ1n) is 10.0. The van der Waals surface area contributed by atoms with E-state index in [4.69, 9.17) is 14.2 Å². The fraction of sp³-hybridized carbons (Fsp3) is 0.174. The first-order chi connectivity index (χ1) is 15.5. The van der Waals surface area contributed by atoms with Gasteiger partial charge >= 0.3 is 0 Å². The second-order valence-corrected chi connectivity index (χ2v) is 9.08. The van der Waals surface area contributed by atoms with Crippen molar-refractivity contribution in [1.82, 2.24) is 5.32 Å². The van der Waals surface area contributed by atoms with Crippen LogP contribution >= 0.6 is 0 Å². The van der Waals surface area contributed by atoms with Crippen LogP contribution in [-0.4, -0.2) is 27.7 Å². The highest BCUT2D eigenvalue weighted by Gasteiger charge is 2.24. The molecule has 1 atom stereocenters. The van der Waals surface area contributed by atoms with E-state index in [1.54, 1.807) is 30.3 Å². The van der Waals surface area contributed by atoms with Gasteiger partial charge in [-0.05, 0) is 36.4 Å². The Morgan fingerprint density at radius 1 is 0.875 bits per heavy atom. The Morgan fingerprint density at radius 3 is 2.62 bits per heavy atom. The Balaban J connectivity index is 1.34. The molecule has 5 rings (SSSR count). The minimum atomic E-state index is -3.91. The van der Waals surface area contributed by atoms with Gasteiger partial charge in [-0.2, -0.15) is 0 Å². The van der Waals surface area contributed by atoms with Gasteiger partial charge in [-0.25, -0.2) is 8.42 Å². The van der Waals surface area contributed by atoms with Crippen molar-refractivity contribution >= 4 is 21.6 Å². The highest BCUT2D eigenvalue weighted by atomic mass is 32.2. The fourth-order valence-electron chi connectivity index (χ4n) is 3.71. The number of fused-ring (bicyclic) bond motifs is 2. The van der Waals surface area contributed by atoms with E-state index in [2.05, 4.69) is 10.0 Å². The van der Waals surface area contributed by atoms with Crippen molar-refractivity contribution in [2.45, 2.75) is 17.4 Å². The van der Waals surface area contributed by atoms with Crippen LogP contribution in [0.25, 0.3) is 0 Å². The summed E-state index contributed by atoms with van der Waals surface area (Å²) < 4.78 is 44.5. The molecule has 164 valence electrons. The molecule has 8 nitrogen and oxygen atoms in total. The predicted octanol–water partition coefficient (Wildman–Crippen LogP) is 3.47. The van der Waals surface area contributed by atoms with Gasteiger partial charge in [0.2, 0.25) is 6.79 Å². The topological polar surface area (TPSA) is 103 Å². The van der Waals surface area contributed by atoms with Crippen molar-refractivity contribution in [2.24, 2.45) is 0 Å². The van der Waals surface area contributed by atoms with Crippen LogP contribution in [0.5, 0.6) is 17.2 Å². The number of carbonyl (C=O) groups is 1. The number of rotatable bonds is 5. The standard InChI is InChI=1S/C23H20N2O6S/c26-23(24-19-10-11-29-20-7-2-1-6-18(19)20)15-4-3-5-17(12-15)32(27,28)25-16-8-9-21-22(13-16)31-14-30-21/h1-9,12-13,19,25H,10-11,14H2,(H,24,26)/t19-/m0/s1. The van der Waals surface area contributed by atoms with E-state index in [-0.39, 0.29) is 29.2 Å². The molecule has 0 spiro atoms. The van der Waals surface area contributed by atoms with Crippen molar-refractivity contribution in [2.75, 3.05) is 18.1 Å². The van der Waals surface area contributed by atoms with Crippen LogP contribution in [0.1, 0.15) is 28.4 Å². The number of ether oxygens (including phenoxy) is 3. The number of hydrogen-bond acceptors (Lipinski definition) is 6. The van der Waals surface area contributed by atoms with Crippen LogP contribution in [0, 0.1) is 0 Å². The summed E-state index contributed by atoms with van der Waals surface area (Å²) >= 11 is 0.